The molecule has 0 radical (unpaired) electrons. The van der Waals surface area contributed by atoms with Gasteiger partial charge in [-0.05, 0) is 36.8 Å². The Labute approximate surface area is 151 Å². The molecule has 0 fully saturated rings. The van der Waals surface area contributed by atoms with Crippen molar-refractivity contribution in [2.75, 3.05) is 20.3 Å². The fraction of sp³-hybridized carbons (Fsp3) is 0.278. The standard InChI is InChI=1S/C18H19Cl2NO3/c1-12(14-8-7-13(19)11-16(14)20)21-18(22)15-5-3-4-6-17(15)24-10-9-23-2/h3-8,11-12H,9-10H2,1-2H3,(H,21,22). The molecule has 128 valence electrons. The van der Waals surface area contributed by atoms with Gasteiger partial charge in [-0.25, -0.2) is 0 Å². The second-order valence-electron chi connectivity index (χ2n) is 5.20. The zero-order chi connectivity index (χ0) is 17.5. The lowest BCUT2D eigenvalue weighted by Gasteiger charge is -2.17. The first-order chi connectivity index (χ1) is 11.5. The number of para-hydroxylation sites is 1. The minimum Gasteiger partial charge on any atom is -0.490 e. The van der Waals surface area contributed by atoms with E-state index in [9.17, 15) is 4.79 Å². The molecule has 0 aliphatic carbocycles. The number of nitrogens with one attached hydrogen (secondary N) is 1. The van der Waals surface area contributed by atoms with E-state index in [0.717, 1.165) is 5.56 Å². The Balaban J connectivity index is 2.11. The van der Waals surface area contributed by atoms with Crippen LogP contribution in [0.2, 0.25) is 10.0 Å². The number of hydrogen-bond donors (Lipinski definition) is 1. The van der Waals surface area contributed by atoms with Gasteiger partial charge in [0.1, 0.15) is 12.4 Å². The van der Waals surface area contributed by atoms with Gasteiger partial charge in [-0.15, -0.1) is 0 Å². The highest BCUT2D eigenvalue weighted by molar-refractivity contribution is 6.35. The van der Waals surface area contributed by atoms with Crippen molar-refractivity contribution in [3.8, 4) is 5.75 Å². The van der Waals surface area contributed by atoms with Crippen LogP contribution in [0.15, 0.2) is 42.5 Å². The number of methoxy groups -OCH3 is 1. The highest BCUT2D eigenvalue weighted by Gasteiger charge is 2.17. The van der Waals surface area contributed by atoms with E-state index in [4.69, 9.17) is 32.7 Å². The smallest absolute Gasteiger partial charge is 0.255 e. The molecular weight excluding hydrogens is 349 g/mol. The molecule has 6 heteroatoms. The molecule has 1 unspecified atom stereocenters. The number of ether oxygens (including phenoxy) is 2. The minimum absolute atomic E-state index is 0.235. The monoisotopic (exact) mass is 367 g/mol. The molecule has 24 heavy (non-hydrogen) atoms. The highest BCUT2D eigenvalue weighted by atomic mass is 35.5. The molecular formula is C18H19Cl2NO3. The first-order valence-corrected chi connectivity index (χ1v) is 8.25. The lowest BCUT2D eigenvalue weighted by atomic mass is 10.1. The van der Waals surface area contributed by atoms with Crippen LogP contribution in [0.25, 0.3) is 0 Å². The SMILES string of the molecule is COCCOc1ccccc1C(=O)NC(C)c1ccc(Cl)cc1Cl. The summed E-state index contributed by atoms with van der Waals surface area (Å²) in [7, 11) is 1.60. The lowest BCUT2D eigenvalue weighted by Crippen LogP contribution is -2.27. The number of benzene rings is 2. The largest absolute Gasteiger partial charge is 0.490 e. The van der Waals surface area contributed by atoms with Gasteiger partial charge in [0.25, 0.3) is 5.91 Å². The summed E-state index contributed by atoms with van der Waals surface area (Å²) in [5, 5.41) is 3.99. The van der Waals surface area contributed by atoms with Crippen molar-refractivity contribution in [2.24, 2.45) is 0 Å². The van der Waals surface area contributed by atoms with Crippen molar-refractivity contribution >= 4 is 29.1 Å². The van der Waals surface area contributed by atoms with Crippen LogP contribution in [0.1, 0.15) is 28.9 Å². The van der Waals surface area contributed by atoms with Crippen LogP contribution >= 0.6 is 23.2 Å². The Morgan fingerprint density at radius 2 is 1.92 bits per heavy atom. The quantitative estimate of drug-likeness (QED) is 0.732. The number of carbonyl (C=O) groups is 1. The number of amides is 1. The Kier molecular flexibility index (Phi) is 6.91. The van der Waals surface area contributed by atoms with Crippen molar-refractivity contribution < 1.29 is 14.3 Å². The summed E-state index contributed by atoms with van der Waals surface area (Å²) in [6.45, 7) is 2.69. The van der Waals surface area contributed by atoms with Gasteiger partial charge in [0.2, 0.25) is 0 Å². The van der Waals surface area contributed by atoms with Crippen LogP contribution in [-0.4, -0.2) is 26.2 Å². The molecule has 2 rings (SSSR count). The molecule has 0 bridgehead atoms. The molecule has 0 aliphatic rings. The molecule has 1 N–H and O–H groups in total. The molecule has 0 aliphatic heterocycles. The maximum atomic E-state index is 12.6. The Hall–Kier alpha value is -1.75. The van der Waals surface area contributed by atoms with Gasteiger partial charge in [0, 0.05) is 17.2 Å². The molecule has 0 saturated heterocycles. The number of hydrogen-bond acceptors (Lipinski definition) is 3. The highest BCUT2D eigenvalue weighted by Crippen LogP contribution is 2.27. The molecule has 1 amide bonds. The van der Waals surface area contributed by atoms with E-state index in [0.29, 0.717) is 34.6 Å². The van der Waals surface area contributed by atoms with E-state index in [1.165, 1.54) is 0 Å². The summed E-state index contributed by atoms with van der Waals surface area (Å²) in [6, 6.07) is 12.0. The average molecular weight is 368 g/mol. The zero-order valence-electron chi connectivity index (χ0n) is 13.5. The van der Waals surface area contributed by atoms with Crippen molar-refractivity contribution in [2.45, 2.75) is 13.0 Å². The third-order valence-electron chi connectivity index (χ3n) is 3.45. The van der Waals surface area contributed by atoms with Gasteiger partial charge in [-0.3, -0.25) is 4.79 Å². The molecule has 1 atom stereocenters. The fourth-order valence-corrected chi connectivity index (χ4v) is 2.79. The Bertz CT molecular complexity index is 706. The lowest BCUT2D eigenvalue weighted by molar-refractivity contribution is 0.0932. The van der Waals surface area contributed by atoms with Crippen LogP contribution in [0.4, 0.5) is 0 Å². The van der Waals surface area contributed by atoms with Crippen molar-refractivity contribution in [3.63, 3.8) is 0 Å². The van der Waals surface area contributed by atoms with Crippen molar-refractivity contribution in [1.82, 2.24) is 5.32 Å². The summed E-state index contributed by atoms with van der Waals surface area (Å²) in [6.07, 6.45) is 0. The summed E-state index contributed by atoms with van der Waals surface area (Å²) in [4.78, 5) is 12.6. The zero-order valence-corrected chi connectivity index (χ0v) is 15.0. The average Bonchev–Trinajstić information content (AvgIpc) is 2.55. The van der Waals surface area contributed by atoms with E-state index >= 15 is 0 Å². The number of carbonyl (C=O) groups excluding carboxylic acids is 1. The molecule has 0 heterocycles. The summed E-state index contributed by atoms with van der Waals surface area (Å²) in [5.74, 6) is 0.281. The molecule has 0 aromatic heterocycles. The molecule has 2 aromatic rings. The van der Waals surface area contributed by atoms with Gasteiger partial charge >= 0.3 is 0 Å². The topological polar surface area (TPSA) is 47.6 Å². The van der Waals surface area contributed by atoms with E-state index in [-0.39, 0.29) is 11.9 Å². The van der Waals surface area contributed by atoms with Crippen LogP contribution < -0.4 is 10.1 Å². The maximum absolute atomic E-state index is 12.6. The van der Waals surface area contributed by atoms with E-state index < -0.39 is 0 Å². The fourth-order valence-electron chi connectivity index (χ4n) is 2.22. The van der Waals surface area contributed by atoms with E-state index in [2.05, 4.69) is 5.32 Å². The summed E-state index contributed by atoms with van der Waals surface area (Å²) >= 11 is 12.1. The normalized spacial score (nSPS) is 11.8. The first-order valence-electron chi connectivity index (χ1n) is 7.49. The van der Waals surface area contributed by atoms with E-state index in [1.807, 2.05) is 13.0 Å². The third-order valence-corrected chi connectivity index (χ3v) is 4.02. The van der Waals surface area contributed by atoms with Crippen LogP contribution in [-0.2, 0) is 4.74 Å². The third kappa shape index (κ3) is 4.87. The molecule has 4 nitrogen and oxygen atoms in total. The minimum atomic E-state index is -0.269. The first kappa shape index (κ1) is 18.6. The molecule has 0 spiro atoms. The number of rotatable bonds is 7. The Morgan fingerprint density at radius 3 is 2.62 bits per heavy atom. The summed E-state index contributed by atoms with van der Waals surface area (Å²) in [5.41, 5.74) is 1.26. The van der Waals surface area contributed by atoms with Gasteiger partial charge in [0.05, 0.1) is 18.2 Å². The van der Waals surface area contributed by atoms with Gasteiger partial charge < -0.3 is 14.8 Å². The van der Waals surface area contributed by atoms with Gasteiger partial charge in [-0.2, -0.15) is 0 Å². The second kappa shape index (κ2) is 8.92. The van der Waals surface area contributed by atoms with Gasteiger partial charge in [0.15, 0.2) is 0 Å². The molecule has 0 saturated carbocycles. The number of halogens is 2. The van der Waals surface area contributed by atoms with Crippen LogP contribution in [0.3, 0.4) is 0 Å². The Morgan fingerprint density at radius 1 is 1.17 bits per heavy atom. The van der Waals surface area contributed by atoms with E-state index in [1.54, 1.807) is 43.5 Å². The predicted octanol–water partition coefficient (Wildman–Crippen LogP) is 4.51. The van der Waals surface area contributed by atoms with Gasteiger partial charge in [-0.1, -0.05) is 41.4 Å². The van der Waals surface area contributed by atoms with Crippen LogP contribution in [0.5, 0.6) is 5.75 Å². The molecule has 2 aromatic carbocycles. The maximum Gasteiger partial charge on any atom is 0.255 e. The van der Waals surface area contributed by atoms with Crippen LogP contribution in [0, 0.1) is 0 Å². The second-order valence-corrected chi connectivity index (χ2v) is 6.04. The van der Waals surface area contributed by atoms with Crippen molar-refractivity contribution in [3.05, 3.63) is 63.6 Å². The predicted molar refractivity (Wildman–Crippen MR) is 96.2 cm³/mol. The summed E-state index contributed by atoms with van der Waals surface area (Å²) < 4.78 is 10.6. The van der Waals surface area contributed by atoms with Crippen molar-refractivity contribution in [1.29, 1.82) is 0 Å².